The van der Waals surface area contributed by atoms with Crippen molar-refractivity contribution in [2.75, 3.05) is 24.7 Å². The fourth-order valence-corrected chi connectivity index (χ4v) is 4.92. The van der Waals surface area contributed by atoms with Gasteiger partial charge in [0, 0.05) is 18.4 Å². The van der Waals surface area contributed by atoms with Crippen LogP contribution in [0.15, 0.2) is 6.33 Å². The van der Waals surface area contributed by atoms with Crippen LogP contribution in [0.2, 0.25) is 0 Å². The molecule has 2 heterocycles. The average molecular weight is 317 g/mol. The zero-order valence-electron chi connectivity index (χ0n) is 12.3. The topological polar surface area (TPSA) is 105 Å². The third-order valence-corrected chi connectivity index (χ3v) is 6.14. The number of sulfone groups is 1. The van der Waals surface area contributed by atoms with Crippen molar-refractivity contribution >= 4 is 9.84 Å². The van der Waals surface area contributed by atoms with Crippen LogP contribution in [0.25, 0.3) is 0 Å². The molecule has 2 N–H and O–H groups in total. The first-order valence-electron chi connectivity index (χ1n) is 7.25. The molecule has 1 aromatic heterocycles. The summed E-state index contributed by atoms with van der Waals surface area (Å²) in [6.07, 6.45) is 3.17. The van der Waals surface area contributed by atoms with Gasteiger partial charge in [-0.3, -0.25) is 4.68 Å². The lowest BCUT2D eigenvalue weighted by molar-refractivity contribution is 0.0100. The molecule has 0 spiro atoms. The van der Waals surface area contributed by atoms with Gasteiger partial charge in [0.05, 0.1) is 24.7 Å². The van der Waals surface area contributed by atoms with Crippen LogP contribution in [0.3, 0.4) is 0 Å². The van der Waals surface area contributed by atoms with Gasteiger partial charge in [0.25, 0.3) is 0 Å². The summed E-state index contributed by atoms with van der Waals surface area (Å²) in [7, 11) is -3.06. The molecule has 1 unspecified atom stereocenters. The molecule has 0 aliphatic carbocycles. The molecule has 0 aromatic carbocycles. The predicted molar refractivity (Wildman–Crippen MR) is 77.4 cm³/mol. The SMILES string of the molecule is CCCn1ncnc1CC(CO)(CO)C1CCS(=O)(=O)C1. The lowest BCUT2D eigenvalue weighted by Crippen LogP contribution is -2.41. The monoisotopic (exact) mass is 317 g/mol. The molecule has 0 saturated carbocycles. The van der Waals surface area contributed by atoms with E-state index in [4.69, 9.17) is 0 Å². The largest absolute Gasteiger partial charge is 0.396 e. The minimum absolute atomic E-state index is 0.0238. The van der Waals surface area contributed by atoms with Gasteiger partial charge in [-0.05, 0) is 18.8 Å². The Labute approximate surface area is 124 Å². The van der Waals surface area contributed by atoms with Crippen molar-refractivity contribution in [1.82, 2.24) is 14.8 Å². The van der Waals surface area contributed by atoms with Gasteiger partial charge in [-0.1, -0.05) is 6.92 Å². The number of aliphatic hydroxyl groups excluding tert-OH is 2. The molecule has 21 heavy (non-hydrogen) atoms. The van der Waals surface area contributed by atoms with Crippen molar-refractivity contribution in [3.8, 4) is 0 Å². The molecule has 1 aliphatic rings. The minimum atomic E-state index is -3.06. The first-order valence-corrected chi connectivity index (χ1v) is 9.07. The van der Waals surface area contributed by atoms with Crippen molar-refractivity contribution in [3.63, 3.8) is 0 Å². The van der Waals surface area contributed by atoms with Crippen LogP contribution in [0.5, 0.6) is 0 Å². The van der Waals surface area contributed by atoms with Crippen molar-refractivity contribution in [1.29, 1.82) is 0 Å². The van der Waals surface area contributed by atoms with Crippen LogP contribution in [0.4, 0.5) is 0 Å². The summed E-state index contributed by atoms with van der Waals surface area (Å²) < 4.78 is 25.1. The van der Waals surface area contributed by atoms with E-state index in [2.05, 4.69) is 10.1 Å². The van der Waals surface area contributed by atoms with Crippen LogP contribution in [-0.2, 0) is 22.8 Å². The van der Waals surface area contributed by atoms with E-state index in [0.717, 1.165) is 6.42 Å². The first-order chi connectivity index (χ1) is 9.96. The van der Waals surface area contributed by atoms with Gasteiger partial charge in [-0.25, -0.2) is 13.4 Å². The van der Waals surface area contributed by atoms with Gasteiger partial charge >= 0.3 is 0 Å². The number of aryl methyl sites for hydroxylation is 1. The predicted octanol–water partition coefficient (Wildman–Crippen LogP) is -0.364. The summed E-state index contributed by atoms with van der Waals surface area (Å²) in [4.78, 5) is 4.20. The van der Waals surface area contributed by atoms with Crippen LogP contribution in [-0.4, -0.2) is 58.1 Å². The van der Waals surface area contributed by atoms with Gasteiger partial charge in [0.2, 0.25) is 0 Å². The van der Waals surface area contributed by atoms with E-state index >= 15 is 0 Å². The Balaban J connectivity index is 2.24. The molecule has 0 radical (unpaired) electrons. The minimum Gasteiger partial charge on any atom is -0.396 e. The van der Waals surface area contributed by atoms with E-state index in [1.165, 1.54) is 6.33 Å². The lowest BCUT2D eigenvalue weighted by Gasteiger charge is -2.34. The van der Waals surface area contributed by atoms with E-state index in [1.807, 2.05) is 6.92 Å². The molecule has 8 heteroatoms. The third-order valence-electron chi connectivity index (χ3n) is 4.37. The number of hydrogen-bond acceptors (Lipinski definition) is 6. The highest BCUT2D eigenvalue weighted by molar-refractivity contribution is 7.91. The van der Waals surface area contributed by atoms with E-state index in [1.54, 1.807) is 4.68 Å². The Morgan fingerprint density at radius 2 is 2.14 bits per heavy atom. The number of aromatic nitrogens is 3. The second-order valence-corrected chi connectivity index (χ2v) is 8.08. The molecule has 7 nitrogen and oxygen atoms in total. The van der Waals surface area contributed by atoms with E-state index in [9.17, 15) is 18.6 Å². The fraction of sp³-hybridized carbons (Fsp3) is 0.846. The second-order valence-electron chi connectivity index (χ2n) is 5.85. The Kier molecular flexibility index (Phi) is 5.00. The standard InChI is InChI=1S/C13H23N3O4S/c1-2-4-16-12(14-10-15-16)6-13(8-17,9-18)11-3-5-21(19,20)7-11/h10-11,17-18H,2-9H2,1H3. The molecule has 1 aromatic rings. The molecule has 1 fully saturated rings. The van der Waals surface area contributed by atoms with Crippen LogP contribution >= 0.6 is 0 Å². The van der Waals surface area contributed by atoms with Crippen LogP contribution in [0.1, 0.15) is 25.6 Å². The second kappa shape index (κ2) is 6.41. The third kappa shape index (κ3) is 3.44. The zero-order valence-corrected chi connectivity index (χ0v) is 13.1. The van der Waals surface area contributed by atoms with Crippen molar-refractivity contribution in [2.45, 2.75) is 32.7 Å². The summed E-state index contributed by atoms with van der Waals surface area (Å²) >= 11 is 0. The molecule has 1 aliphatic heterocycles. The highest BCUT2D eigenvalue weighted by Gasteiger charge is 2.45. The molecule has 120 valence electrons. The summed E-state index contributed by atoms with van der Waals surface area (Å²) in [6.45, 7) is 2.22. The average Bonchev–Trinajstić information content (AvgIpc) is 3.03. The van der Waals surface area contributed by atoms with Gasteiger partial charge in [-0.2, -0.15) is 5.10 Å². The van der Waals surface area contributed by atoms with Gasteiger partial charge in [0.15, 0.2) is 9.84 Å². The number of nitrogens with zero attached hydrogens (tertiary/aromatic N) is 3. The lowest BCUT2D eigenvalue weighted by atomic mass is 9.73. The Morgan fingerprint density at radius 3 is 2.67 bits per heavy atom. The van der Waals surface area contributed by atoms with Crippen LogP contribution < -0.4 is 0 Å². The highest BCUT2D eigenvalue weighted by Crippen LogP contribution is 2.38. The molecular formula is C13H23N3O4S. The molecule has 0 bridgehead atoms. The zero-order chi connectivity index (χ0) is 15.5. The smallest absolute Gasteiger partial charge is 0.150 e. The fourth-order valence-electron chi connectivity index (χ4n) is 2.98. The highest BCUT2D eigenvalue weighted by atomic mass is 32.2. The Hall–Kier alpha value is -0.990. The van der Waals surface area contributed by atoms with Crippen molar-refractivity contribution < 1.29 is 18.6 Å². The van der Waals surface area contributed by atoms with Crippen molar-refractivity contribution in [2.24, 2.45) is 11.3 Å². The van der Waals surface area contributed by atoms with E-state index in [-0.39, 0.29) is 30.6 Å². The molecule has 2 rings (SSSR count). The number of hydrogen-bond donors (Lipinski definition) is 2. The Morgan fingerprint density at radius 1 is 1.43 bits per heavy atom. The summed E-state index contributed by atoms with van der Waals surface area (Å²) in [5, 5.41) is 23.8. The molecular weight excluding hydrogens is 294 g/mol. The van der Waals surface area contributed by atoms with Gasteiger partial charge < -0.3 is 10.2 Å². The molecule has 0 amide bonds. The van der Waals surface area contributed by atoms with Crippen molar-refractivity contribution in [3.05, 3.63) is 12.2 Å². The summed E-state index contributed by atoms with van der Waals surface area (Å²) in [5.41, 5.74) is -0.859. The number of aliphatic hydroxyl groups is 2. The van der Waals surface area contributed by atoms with Crippen LogP contribution in [0, 0.1) is 11.3 Å². The maximum atomic E-state index is 11.7. The Bertz CT molecular complexity index is 566. The first kappa shape index (κ1) is 16.4. The van der Waals surface area contributed by atoms with E-state index < -0.39 is 15.3 Å². The summed E-state index contributed by atoms with van der Waals surface area (Å²) in [5.74, 6) is 0.588. The maximum Gasteiger partial charge on any atom is 0.150 e. The van der Waals surface area contributed by atoms with Gasteiger partial charge in [0.1, 0.15) is 12.2 Å². The maximum absolute atomic E-state index is 11.7. The summed E-state index contributed by atoms with van der Waals surface area (Å²) in [6, 6.07) is 0. The number of rotatable bonds is 7. The molecule has 1 atom stereocenters. The van der Waals surface area contributed by atoms with Gasteiger partial charge in [-0.15, -0.1) is 0 Å². The quantitative estimate of drug-likeness (QED) is 0.711. The molecule has 1 saturated heterocycles. The normalized spacial score (nSPS) is 21.8. The van der Waals surface area contributed by atoms with E-state index in [0.29, 0.717) is 25.2 Å².